The van der Waals surface area contributed by atoms with Crippen LogP contribution in [0.5, 0.6) is 5.75 Å². The molecule has 8 nitrogen and oxygen atoms in total. The fourth-order valence-electron chi connectivity index (χ4n) is 1.46. The maximum Gasteiger partial charge on any atom is 0.330 e. The van der Waals surface area contributed by atoms with E-state index in [-0.39, 0.29) is 18.3 Å². The summed E-state index contributed by atoms with van der Waals surface area (Å²) in [5.41, 5.74) is 5.69. The lowest BCUT2D eigenvalue weighted by Crippen LogP contribution is -2.49. The van der Waals surface area contributed by atoms with Gasteiger partial charge in [-0.2, -0.15) is 0 Å². The fraction of sp³-hybridized carbons (Fsp3) is 0.250. The van der Waals surface area contributed by atoms with E-state index in [1.807, 2.05) is 19.1 Å². The number of nitrogens with one attached hydrogen (secondary N) is 3. The molecule has 0 fully saturated rings. The minimum absolute atomic E-state index is 0.137. The molecule has 0 aliphatic heterocycles. The van der Waals surface area contributed by atoms with Gasteiger partial charge in [0, 0.05) is 12.2 Å². The summed E-state index contributed by atoms with van der Waals surface area (Å²) in [5.74, 6) is -1.21. The van der Waals surface area contributed by atoms with Crippen LogP contribution >= 0.6 is 12.2 Å². The van der Waals surface area contributed by atoms with Gasteiger partial charge in [-0.25, -0.2) is 4.79 Å². The Labute approximate surface area is 150 Å². The van der Waals surface area contributed by atoms with Gasteiger partial charge in [-0.15, -0.1) is 0 Å². The number of esters is 1. The van der Waals surface area contributed by atoms with Crippen LogP contribution in [0.4, 0.5) is 0 Å². The smallest absolute Gasteiger partial charge is 0.330 e. The molecule has 0 saturated carbocycles. The Morgan fingerprint density at radius 3 is 2.44 bits per heavy atom. The van der Waals surface area contributed by atoms with Crippen LogP contribution in [-0.4, -0.2) is 36.1 Å². The van der Waals surface area contributed by atoms with Gasteiger partial charge >= 0.3 is 5.97 Å². The molecule has 9 heteroatoms. The first-order valence-corrected chi connectivity index (χ1v) is 7.75. The number of hydrogen-bond acceptors (Lipinski definition) is 6. The Hall–Kier alpha value is -2.94. The first-order valence-electron chi connectivity index (χ1n) is 7.34. The summed E-state index contributed by atoms with van der Waals surface area (Å²) in [6.45, 7) is 3.57. The maximum absolute atomic E-state index is 11.6. The molecule has 25 heavy (non-hydrogen) atoms. The van der Waals surface area contributed by atoms with Gasteiger partial charge in [0.05, 0.1) is 6.61 Å². The molecule has 0 bridgehead atoms. The number of carbonyl (C=O) groups excluding carboxylic acids is 3. The van der Waals surface area contributed by atoms with Gasteiger partial charge < -0.3 is 9.47 Å². The highest BCUT2D eigenvalue weighted by molar-refractivity contribution is 7.80. The molecule has 0 unspecified atom stereocenters. The van der Waals surface area contributed by atoms with Crippen LogP contribution in [0, 0.1) is 6.92 Å². The maximum atomic E-state index is 11.6. The van der Waals surface area contributed by atoms with Crippen LogP contribution in [0.25, 0.3) is 0 Å². The van der Waals surface area contributed by atoms with Crippen molar-refractivity contribution in [2.75, 3.05) is 13.2 Å². The summed E-state index contributed by atoms with van der Waals surface area (Å²) >= 11 is 4.82. The average molecular weight is 365 g/mol. The van der Waals surface area contributed by atoms with Gasteiger partial charge in [0.15, 0.2) is 11.7 Å². The van der Waals surface area contributed by atoms with Gasteiger partial charge in [-0.3, -0.25) is 25.8 Å². The minimum Gasteiger partial charge on any atom is -0.484 e. The molecule has 0 saturated heterocycles. The second-order valence-electron chi connectivity index (χ2n) is 4.68. The number of benzene rings is 1. The van der Waals surface area contributed by atoms with E-state index >= 15 is 0 Å². The van der Waals surface area contributed by atoms with Crippen molar-refractivity contribution in [1.82, 2.24) is 16.2 Å². The Kier molecular flexibility index (Phi) is 8.66. The zero-order valence-corrected chi connectivity index (χ0v) is 14.6. The van der Waals surface area contributed by atoms with Gasteiger partial charge in [-0.1, -0.05) is 17.7 Å². The van der Waals surface area contributed by atoms with Crippen LogP contribution in [0.15, 0.2) is 36.4 Å². The van der Waals surface area contributed by atoms with E-state index in [4.69, 9.17) is 17.0 Å². The average Bonchev–Trinajstić information content (AvgIpc) is 2.58. The second kappa shape index (κ2) is 10.8. The zero-order valence-electron chi connectivity index (χ0n) is 13.8. The van der Waals surface area contributed by atoms with Crippen LogP contribution in [0.2, 0.25) is 0 Å². The molecule has 1 aromatic rings. The number of carbonyl (C=O) groups is 3. The lowest BCUT2D eigenvalue weighted by atomic mass is 10.2. The van der Waals surface area contributed by atoms with Crippen LogP contribution in [0.1, 0.15) is 12.5 Å². The summed E-state index contributed by atoms with van der Waals surface area (Å²) in [6, 6.07) is 7.22. The first-order chi connectivity index (χ1) is 11.9. The summed E-state index contributed by atoms with van der Waals surface area (Å²) in [5, 5.41) is 2.11. The summed E-state index contributed by atoms with van der Waals surface area (Å²) in [7, 11) is 0. The van der Waals surface area contributed by atoms with Crippen molar-refractivity contribution >= 4 is 35.1 Å². The second-order valence-corrected chi connectivity index (χ2v) is 5.09. The van der Waals surface area contributed by atoms with Crippen molar-refractivity contribution in [2.24, 2.45) is 0 Å². The zero-order chi connectivity index (χ0) is 18.7. The van der Waals surface area contributed by atoms with E-state index < -0.39 is 17.8 Å². The molecular weight excluding hydrogens is 346 g/mol. The quantitative estimate of drug-likeness (QED) is 0.292. The Balaban J connectivity index is 2.26. The van der Waals surface area contributed by atoms with Crippen molar-refractivity contribution < 1.29 is 23.9 Å². The summed E-state index contributed by atoms with van der Waals surface area (Å²) < 4.78 is 9.90. The molecule has 0 aliphatic rings. The van der Waals surface area contributed by atoms with Crippen molar-refractivity contribution in [3.63, 3.8) is 0 Å². The van der Waals surface area contributed by atoms with Gasteiger partial charge in [0.1, 0.15) is 5.75 Å². The summed E-state index contributed by atoms with van der Waals surface area (Å²) in [6.07, 6.45) is 1.93. The number of amides is 2. The standard InChI is InChI=1S/C16H19N3O5S/c1-3-23-15(22)9-8-13(20)17-16(25)19-18-14(21)10-24-12-6-4-11(2)5-7-12/h4-9H,3,10H2,1-2H3,(H,18,21)(H2,17,19,20,25). The molecule has 2 amide bonds. The van der Waals surface area contributed by atoms with Gasteiger partial charge in [-0.05, 0) is 38.2 Å². The Bertz CT molecular complexity index is 658. The highest BCUT2D eigenvalue weighted by Crippen LogP contribution is 2.10. The topological polar surface area (TPSA) is 106 Å². The third-order valence-corrected chi connectivity index (χ3v) is 2.80. The van der Waals surface area contributed by atoms with E-state index in [0.29, 0.717) is 5.75 Å². The molecular formula is C16H19N3O5S. The lowest BCUT2D eigenvalue weighted by Gasteiger charge is -2.10. The van der Waals surface area contributed by atoms with Crippen LogP contribution < -0.4 is 20.9 Å². The minimum atomic E-state index is -0.643. The first kappa shape index (κ1) is 20.1. The number of aryl methyl sites for hydroxylation is 1. The monoisotopic (exact) mass is 365 g/mol. The molecule has 3 N–H and O–H groups in total. The van der Waals surface area contributed by atoms with Gasteiger partial charge in [0.25, 0.3) is 5.91 Å². The largest absolute Gasteiger partial charge is 0.484 e. The SMILES string of the molecule is CCOC(=O)C=CC(=O)NC(=S)NNC(=O)COc1ccc(C)cc1. The molecule has 0 aromatic heterocycles. The van der Waals surface area contributed by atoms with Crippen molar-refractivity contribution in [3.05, 3.63) is 42.0 Å². The van der Waals surface area contributed by atoms with E-state index in [0.717, 1.165) is 17.7 Å². The van der Waals surface area contributed by atoms with Gasteiger partial charge in [0.2, 0.25) is 5.91 Å². The van der Waals surface area contributed by atoms with Crippen molar-refractivity contribution in [1.29, 1.82) is 0 Å². The lowest BCUT2D eigenvalue weighted by molar-refractivity contribution is -0.137. The van der Waals surface area contributed by atoms with E-state index in [1.165, 1.54) is 0 Å². The Morgan fingerprint density at radius 2 is 1.80 bits per heavy atom. The normalized spacial score (nSPS) is 10.0. The predicted octanol–water partition coefficient (Wildman–Crippen LogP) is 0.515. The molecule has 0 atom stereocenters. The van der Waals surface area contributed by atoms with E-state index in [2.05, 4.69) is 20.9 Å². The third kappa shape index (κ3) is 9.06. The molecule has 0 radical (unpaired) electrons. The molecule has 1 rings (SSSR count). The third-order valence-electron chi connectivity index (χ3n) is 2.60. The van der Waals surface area contributed by atoms with Crippen molar-refractivity contribution in [2.45, 2.75) is 13.8 Å². The molecule has 0 aliphatic carbocycles. The van der Waals surface area contributed by atoms with Crippen LogP contribution in [0.3, 0.4) is 0 Å². The molecule has 1 aromatic carbocycles. The number of rotatable bonds is 6. The van der Waals surface area contributed by atoms with E-state index in [9.17, 15) is 14.4 Å². The Morgan fingerprint density at radius 1 is 1.12 bits per heavy atom. The molecule has 0 heterocycles. The fourth-order valence-corrected chi connectivity index (χ4v) is 1.62. The summed E-state index contributed by atoms with van der Waals surface area (Å²) in [4.78, 5) is 34.1. The number of hydrogen-bond donors (Lipinski definition) is 3. The van der Waals surface area contributed by atoms with E-state index in [1.54, 1.807) is 19.1 Å². The van der Waals surface area contributed by atoms with Crippen LogP contribution in [-0.2, 0) is 19.1 Å². The van der Waals surface area contributed by atoms with Crippen molar-refractivity contribution in [3.8, 4) is 5.75 Å². The highest BCUT2D eigenvalue weighted by atomic mass is 32.1. The molecule has 134 valence electrons. The highest BCUT2D eigenvalue weighted by Gasteiger charge is 2.05. The predicted molar refractivity (Wildman–Crippen MR) is 94.5 cm³/mol. The number of ether oxygens (including phenoxy) is 2. The number of thiocarbonyl (C=S) groups is 1. The number of hydrazine groups is 1. The molecule has 0 spiro atoms.